The SMILES string of the molecule is CCOc1c(Cl)cc(CNC(=NC)N2CCC(CC(=O)NC)CC2)cc1OC. The average Bonchev–Trinajstić information content (AvgIpc) is 2.71. The van der Waals surface area contributed by atoms with Crippen LogP contribution in [0.2, 0.25) is 5.02 Å². The molecule has 0 atom stereocenters. The third-order valence-electron chi connectivity index (χ3n) is 4.91. The highest BCUT2D eigenvalue weighted by Gasteiger charge is 2.23. The fraction of sp³-hybridized carbons (Fsp3) is 0.600. The summed E-state index contributed by atoms with van der Waals surface area (Å²) in [5.74, 6) is 2.59. The van der Waals surface area contributed by atoms with Gasteiger partial charge in [-0.2, -0.15) is 0 Å². The number of carbonyl (C=O) groups is 1. The van der Waals surface area contributed by atoms with Crippen LogP contribution in [0.25, 0.3) is 0 Å². The highest BCUT2D eigenvalue weighted by Crippen LogP contribution is 2.36. The molecule has 8 heteroatoms. The number of guanidine groups is 1. The normalized spacial score (nSPS) is 15.3. The van der Waals surface area contributed by atoms with Gasteiger partial charge in [-0.15, -0.1) is 0 Å². The van der Waals surface area contributed by atoms with Crippen molar-refractivity contribution in [3.63, 3.8) is 0 Å². The van der Waals surface area contributed by atoms with Gasteiger partial charge in [-0.3, -0.25) is 9.79 Å². The zero-order valence-corrected chi connectivity index (χ0v) is 17.9. The maximum atomic E-state index is 11.6. The molecule has 1 aromatic rings. The Morgan fingerprint density at radius 2 is 2.07 bits per heavy atom. The number of piperidine rings is 1. The smallest absolute Gasteiger partial charge is 0.220 e. The first-order valence-corrected chi connectivity index (χ1v) is 10.1. The largest absolute Gasteiger partial charge is 0.493 e. The number of ether oxygens (including phenoxy) is 2. The third-order valence-corrected chi connectivity index (χ3v) is 5.19. The molecule has 2 rings (SSSR count). The van der Waals surface area contributed by atoms with Crippen LogP contribution in [0.5, 0.6) is 11.5 Å². The van der Waals surface area contributed by atoms with Crippen LogP contribution in [0.15, 0.2) is 17.1 Å². The number of rotatable bonds is 7. The van der Waals surface area contributed by atoms with E-state index in [9.17, 15) is 4.79 Å². The highest BCUT2D eigenvalue weighted by atomic mass is 35.5. The Hall–Kier alpha value is -2.15. The van der Waals surface area contributed by atoms with Gasteiger partial charge in [0.15, 0.2) is 17.5 Å². The third kappa shape index (κ3) is 5.92. The molecule has 1 fully saturated rings. The average molecular weight is 411 g/mol. The van der Waals surface area contributed by atoms with Crippen molar-refractivity contribution >= 4 is 23.5 Å². The summed E-state index contributed by atoms with van der Waals surface area (Å²) < 4.78 is 11.0. The number of aliphatic imine (C=N–C) groups is 1. The fourth-order valence-electron chi connectivity index (χ4n) is 3.39. The van der Waals surface area contributed by atoms with Crippen LogP contribution >= 0.6 is 11.6 Å². The summed E-state index contributed by atoms with van der Waals surface area (Å²) in [5.41, 5.74) is 0.987. The second-order valence-electron chi connectivity index (χ2n) is 6.75. The van der Waals surface area contributed by atoms with E-state index in [0.717, 1.165) is 37.5 Å². The first kappa shape index (κ1) is 22.1. The molecule has 1 aromatic carbocycles. The number of hydrogen-bond donors (Lipinski definition) is 2. The van der Waals surface area contributed by atoms with E-state index in [1.54, 1.807) is 21.2 Å². The maximum absolute atomic E-state index is 11.6. The second kappa shape index (κ2) is 11.0. The van der Waals surface area contributed by atoms with Gasteiger partial charge in [0.2, 0.25) is 5.91 Å². The van der Waals surface area contributed by atoms with Crippen LogP contribution in [0.4, 0.5) is 0 Å². The first-order valence-electron chi connectivity index (χ1n) is 9.67. The Morgan fingerprint density at radius 1 is 1.36 bits per heavy atom. The summed E-state index contributed by atoms with van der Waals surface area (Å²) in [6.45, 7) is 4.78. The summed E-state index contributed by atoms with van der Waals surface area (Å²) in [6.07, 6.45) is 2.56. The van der Waals surface area contributed by atoms with Crippen molar-refractivity contribution in [1.29, 1.82) is 0 Å². The Morgan fingerprint density at radius 3 is 2.64 bits per heavy atom. The van der Waals surface area contributed by atoms with E-state index < -0.39 is 0 Å². The number of methoxy groups -OCH3 is 1. The molecular weight excluding hydrogens is 380 g/mol. The number of carbonyl (C=O) groups excluding carboxylic acids is 1. The van der Waals surface area contributed by atoms with Crippen molar-refractivity contribution in [3.05, 3.63) is 22.7 Å². The van der Waals surface area contributed by atoms with Gasteiger partial charge in [0.05, 0.1) is 18.7 Å². The predicted octanol–water partition coefficient (Wildman–Crippen LogP) is 2.67. The van der Waals surface area contributed by atoms with Gasteiger partial charge >= 0.3 is 0 Å². The molecule has 0 bridgehead atoms. The van der Waals surface area contributed by atoms with Gasteiger partial charge in [0, 0.05) is 40.2 Å². The van der Waals surface area contributed by atoms with E-state index >= 15 is 0 Å². The number of benzene rings is 1. The molecule has 0 spiro atoms. The van der Waals surface area contributed by atoms with Crippen LogP contribution < -0.4 is 20.1 Å². The van der Waals surface area contributed by atoms with E-state index in [4.69, 9.17) is 21.1 Å². The zero-order chi connectivity index (χ0) is 20.5. The van der Waals surface area contributed by atoms with E-state index in [-0.39, 0.29) is 5.91 Å². The monoisotopic (exact) mass is 410 g/mol. The molecule has 1 aliphatic heterocycles. The molecule has 1 heterocycles. The summed E-state index contributed by atoms with van der Waals surface area (Å²) in [4.78, 5) is 18.2. The standard InChI is InChI=1S/C20H31ClN4O3/c1-5-28-19-16(21)10-15(11-17(19)27-4)13-24-20(23-3)25-8-6-14(7-9-25)12-18(26)22-2/h10-11,14H,5-9,12-13H2,1-4H3,(H,22,26)(H,23,24). The Kier molecular flexibility index (Phi) is 8.70. The summed E-state index contributed by atoms with van der Waals surface area (Å²) in [7, 11) is 5.07. The lowest BCUT2D eigenvalue weighted by molar-refractivity contribution is -0.121. The van der Waals surface area contributed by atoms with Crippen molar-refractivity contribution in [1.82, 2.24) is 15.5 Å². The molecule has 0 aliphatic carbocycles. The van der Waals surface area contributed by atoms with Crippen molar-refractivity contribution in [2.45, 2.75) is 32.7 Å². The summed E-state index contributed by atoms with van der Waals surface area (Å²) in [5, 5.41) is 6.63. The highest BCUT2D eigenvalue weighted by molar-refractivity contribution is 6.32. The summed E-state index contributed by atoms with van der Waals surface area (Å²) in [6, 6.07) is 3.80. The molecule has 28 heavy (non-hydrogen) atoms. The van der Waals surface area contributed by atoms with Crippen LogP contribution in [-0.2, 0) is 11.3 Å². The number of hydrogen-bond acceptors (Lipinski definition) is 4. The van der Waals surface area contributed by atoms with Crippen LogP contribution in [0.1, 0.15) is 31.7 Å². The molecule has 2 N–H and O–H groups in total. The number of nitrogens with zero attached hydrogens (tertiary/aromatic N) is 2. The molecule has 1 saturated heterocycles. The minimum atomic E-state index is 0.113. The van der Waals surface area contributed by atoms with Gasteiger partial charge in [-0.05, 0) is 43.4 Å². The van der Waals surface area contributed by atoms with E-state index in [2.05, 4.69) is 20.5 Å². The predicted molar refractivity (Wildman–Crippen MR) is 112 cm³/mol. The van der Waals surface area contributed by atoms with Crippen LogP contribution in [0, 0.1) is 5.92 Å². The van der Waals surface area contributed by atoms with Gasteiger partial charge in [-0.25, -0.2) is 0 Å². The van der Waals surface area contributed by atoms with E-state index in [0.29, 0.717) is 42.0 Å². The molecule has 0 radical (unpaired) electrons. The molecule has 0 unspecified atom stereocenters. The molecule has 0 aromatic heterocycles. The van der Waals surface area contributed by atoms with Crippen molar-refractivity contribution in [2.24, 2.45) is 10.9 Å². The Balaban J connectivity index is 1.94. The van der Waals surface area contributed by atoms with Crippen molar-refractivity contribution in [3.8, 4) is 11.5 Å². The Labute approximate surface area is 172 Å². The molecule has 7 nitrogen and oxygen atoms in total. The minimum Gasteiger partial charge on any atom is -0.493 e. The molecule has 1 aliphatic rings. The molecule has 156 valence electrons. The molecule has 0 saturated carbocycles. The number of likely N-dealkylation sites (tertiary alicyclic amines) is 1. The molecule has 1 amide bonds. The Bertz CT molecular complexity index is 688. The minimum absolute atomic E-state index is 0.113. The quantitative estimate of drug-likeness (QED) is 0.534. The van der Waals surface area contributed by atoms with E-state index in [1.807, 2.05) is 19.1 Å². The molecular formula is C20H31ClN4O3. The lowest BCUT2D eigenvalue weighted by Crippen LogP contribution is -2.45. The maximum Gasteiger partial charge on any atom is 0.220 e. The first-order chi connectivity index (χ1) is 13.5. The second-order valence-corrected chi connectivity index (χ2v) is 7.16. The lowest BCUT2D eigenvalue weighted by Gasteiger charge is -2.34. The fourth-order valence-corrected chi connectivity index (χ4v) is 3.67. The lowest BCUT2D eigenvalue weighted by atomic mass is 9.93. The van der Waals surface area contributed by atoms with E-state index in [1.165, 1.54) is 0 Å². The number of amides is 1. The van der Waals surface area contributed by atoms with Crippen molar-refractivity contribution < 1.29 is 14.3 Å². The van der Waals surface area contributed by atoms with Gasteiger partial charge in [0.25, 0.3) is 0 Å². The topological polar surface area (TPSA) is 75.2 Å². The van der Waals surface area contributed by atoms with Crippen LogP contribution in [-0.4, -0.2) is 57.7 Å². The zero-order valence-electron chi connectivity index (χ0n) is 17.2. The van der Waals surface area contributed by atoms with Gasteiger partial charge in [-0.1, -0.05) is 11.6 Å². The van der Waals surface area contributed by atoms with Crippen molar-refractivity contribution in [2.75, 3.05) is 40.9 Å². The summed E-state index contributed by atoms with van der Waals surface area (Å²) >= 11 is 6.35. The number of nitrogens with one attached hydrogen (secondary N) is 2. The van der Waals surface area contributed by atoms with Crippen LogP contribution in [0.3, 0.4) is 0 Å². The number of halogens is 1. The van der Waals surface area contributed by atoms with Gasteiger partial charge < -0.3 is 25.0 Å². The van der Waals surface area contributed by atoms with Gasteiger partial charge in [0.1, 0.15) is 0 Å².